The van der Waals surface area contributed by atoms with E-state index in [4.69, 9.17) is 16.3 Å². The number of hydrogen-bond acceptors (Lipinski definition) is 2. The third-order valence-electron chi connectivity index (χ3n) is 3.48. The number of aliphatic hydroxyl groups excluding tert-OH is 1. The van der Waals surface area contributed by atoms with E-state index in [1.807, 2.05) is 18.2 Å². The first-order valence-electron chi connectivity index (χ1n) is 6.64. The van der Waals surface area contributed by atoms with Crippen molar-refractivity contribution in [2.75, 3.05) is 13.7 Å². The standard InChI is InChI=1S/C17H19ClO2/c1-12-3-5-13(6-4-12)15(11-19)9-14-10-16(18)7-8-17(14)20-2/h3-8,10,15,19H,9,11H2,1-2H3. The molecule has 0 aliphatic rings. The lowest BCUT2D eigenvalue weighted by molar-refractivity contribution is 0.263. The van der Waals surface area contributed by atoms with Gasteiger partial charge in [-0.05, 0) is 42.7 Å². The minimum atomic E-state index is 0.0444. The molecule has 0 saturated heterocycles. The minimum absolute atomic E-state index is 0.0444. The second kappa shape index (κ2) is 6.78. The second-order valence-electron chi connectivity index (χ2n) is 4.95. The van der Waals surface area contributed by atoms with E-state index < -0.39 is 0 Å². The van der Waals surface area contributed by atoms with Gasteiger partial charge in [-0.15, -0.1) is 0 Å². The van der Waals surface area contributed by atoms with Crippen LogP contribution in [0, 0.1) is 6.92 Å². The number of aryl methyl sites for hydroxylation is 1. The monoisotopic (exact) mass is 290 g/mol. The molecule has 2 aromatic rings. The highest BCUT2D eigenvalue weighted by atomic mass is 35.5. The molecule has 1 unspecified atom stereocenters. The lowest BCUT2D eigenvalue weighted by Gasteiger charge is -2.17. The van der Waals surface area contributed by atoms with E-state index in [2.05, 4.69) is 31.2 Å². The average molecular weight is 291 g/mol. The molecule has 2 aromatic carbocycles. The highest BCUT2D eigenvalue weighted by Crippen LogP contribution is 2.29. The Morgan fingerprint density at radius 1 is 1.15 bits per heavy atom. The molecule has 0 heterocycles. The van der Waals surface area contributed by atoms with Gasteiger partial charge in [0.05, 0.1) is 13.7 Å². The van der Waals surface area contributed by atoms with Crippen molar-refractivity contribution in [3.05, 3.63) is 64.2 Å². The number of halogens is 1. The summed E-state index contributed by atoms with van der Waals surface area (Å²) in [4.78, 5) is 0. The Labute approximate surface area is 125 Å². The fourth-order valence-corrected chi connectivity index (χ4v) is 2.49. The highest BCUT2D eigenvalue weighted by molar-refractivity contribution is 6.30. The number of rotatable bonds is 5. The van der Waals surface area contributed by atoms with Crippen molar-refractivity contribution in [1.29, 1.82) is 0 Å². The van der Waals surface area contributed by atoms with Gasteiger partial charge in [0.1, 0.15) is 5.75 Å². The summed E-state index contributed by atoms with van der Waals surface area (Å²) in [5, 5.41) is 10.4. The molecule has 0 aromatic heterocycles. The van der Waals surface area contributed by atoms with Crippen LogP contribution in [0.5, 0.6) is 5.75 Å². The summed E-state index contributed by atoms with van der Waals surface area (Å²) in [6, 6.07) is 13.8. The molecule has 3 heteroatoms. The van der Waals surface area contributed by atoms with E-state index in [0.717, 1.165) is 16.9 Å². The number of aliphatic hydroxyl groups is 1. The van der Waals surface area contributed by atoms with Crippen LogP contribution in [-0.4, -0.2) is 18.8 Å². The number of ether oxygens (including phenoxy) is 1. The van der Waals surface area contributed by atoms with Crippen LogP contribution < -0.4 is 4.74 Å². The fraction of sp³-hybridized carbons (Fsp3) is 0.294. The molecule has 0 aliphatic heterocycles. The second-order valence-corrected chi connectivity index (χ2v) is 5.39. The molecule has 2 nitrogen and oxygen atoms in total. The Balaban J connectivity index is 2.26. The van der Waals surface area contributed by atoms with Gasteiger partial charge in [0.15, 0.2) is 0 Å². The number of benzene rings is 2. The van der Waals surface area contributed by atoms with Gasteiger partial charge in [-0.2, -0.15) is 0 Å². The van der Waals surface area contributed by atoms with Crippen LogP contribution in [0.1, 0.15) is 22.6 Å². The van der Waals surface area contributed by atoms with E-state index in [9.17, 15) is 5.11 Å². The summed E-state index contributed by atoms with van der Waals surface area (Å²) in [6.45, 7) is 2.15. The summed E-state index contributed by atoms with van der Waals surface area (Å²) >= 11 is 6.05. The average Bonchev–Trinajstić information content (AvgIpc) is 2.46. The normalized spacial score (nSPS) is 12.2. The maximum atomic E-state index is 9.67. The lowest BCUT2D eigenvalue weighted by atomic mass is 9.92. The molecule has 0 fully saturated rings. The number of hydrogen-bond donors (Lipinski definition) is 1. The molecule has 0 spiro atoms. The first-order chi connectivity index (χ1) is 9.63. The Kier molecular flexibility index (Phi) is 5.05. The molecule has 0 amide bonds. The third-order valence-corrected chi connectivity index (χ3v) is 3.71. The molecular weight excluding hydrogens is 272 g/mol. The predicted molar refractivity (Wildman–Crippen MR) is 82.7 cm³/mol. The molecule has 1 atom stereocenters. The molecule has 0 radical (unpaired) electrons. The number of methoxy groups -OCH3 is 1. The first-order valence-corrected chi connectivity index (χ1v) is 7.01. The minimum Gasteiger partial charge on any atom is -0.496 e. The van der Waals surface area contributed by atoms with Crippen molar-refractivity contribution in [1.82, 2.24) is 0 Å². The van der Waals surface area contributed by atoms with Crippen molar-refractivity contribution in [3.63, 3.8) is 0 Å². The summed E-state index contributed by atoms with van der Waals surface area (Å²) in [5.41, 5.74) is 3.35. The van der Waals surface area contributed by atoms with Crippen molar-refractivity contribution in [3.8, 4) is 5.75 Å². The third kappa shape index (κ3) is 3.53. The van der Waals surface area contributed by atoms with Gasteiger partial charge in [0, 0.05) is 10.9 Å². The zero-order chi connectivity index (χ0) is 14.5. The van der Waals surface area contributed by atoms with Gasteiger partial charge in [-0.25, -0.2) is 0 Å². The van der Waals surface area contributed by atoms with Crippen LogP contribution in [0.15, 0.2) is 42.5 Å². The van der Waals surface area contributed by atoms with Crippen molar-refractivity contribution >= 4 is 11.6 Å². The Morgan fingerprint density at radius 3 is 2.45 bits per heavy atom. The van der Waals surface area contributed by atoms with Crippen LogP contribution >= 0.6 is 11.6 Å². The maximum absolute atomic E-state index is 9.67. The summed E-state index contributed by atoms with van der Waals surface area (Å²) in [7, 11) is 1.65. The molecule has 0 saturated carbocycles. The van der Waals surface area contributed by atoms with Crippen LogP contribution in [0.25, 0.3) is 0 Å². The van der Waals surface area contributed by atoms with Crippen LogP contribution in [0.3, 0.4) is 0 Å². The molecule has 0 bridgehead atoms. The molecule has 1 N–H and O–H groups in total. The maximum Gasteiger partial charge on any atom is 0.122 e. The summed E-state index contributed by atoms with van der Waals surface area (Å²) in [5.74, 6) is 0.850. The molecule has 20 heavy (non-hydrogen) atoms. The van der Waals surface area contributed by atoms with Gasteiger partial charge in [0.2, 0.25) is 0 Å². The molecule has 106 valence electrons. The Morgan fingerprint density at radius 2 is 1.85 bits per heavy atom. The zero-order valence-corrected chi connectivity index (χ0v) is 12.5. The van der Waals surface area contributed by atoms with Crippen molar-refractivity contribution in [2.45, 2.75) is 19.3 Å². The predicted octanol–water partition coefficient (Wildman–Crippen LogP) is 3.98. The van der Waals surface area contributed by atoms with Gasteiger partial charge in [0.25, 0.3) is 0 Å². The van der Waals surface area contributed by atoms with Crippen LogP contribution in [0.2, 0.25) is 5.02 Å². The highest BCUT2D eigenvalue weighted by Gasteiger charge is 2.14. The van der Waals surface area contributed by atoms with E-state index >= 15 is 0 Å². The smallest absolute Gasteiger partial charge is 0.122 e. The largest absolute Gasteiger partial charge is 0.496 e. The van der Waals surface area contributed by atoms with Crippen LogP contribution in [-0.2, 0) is 6.42 Å². The van der Waals surface area contributed by atoms with Gasteiger partial charge in [-0.1, -0.05) is 41.4 Å². The van der Waals surface area contributed by atoms with Gasteiger partial charge < -0.3 is 9.84 Å². The van der Waals surface area contributed by atoms with E-state index in [-0.39, 0.29) is 12.5 Å². The van der Waals surface area contributed by atoms with E-state index in [1.165, 1.54) is 5.56 Å². The van der Waals surface area contributed by atoms with Gasteiger partial charge >= 0.3 is 0 Å². The quantitative estimate of drug-likeness (QED) is 0.903. The fourth-order valence-electron chi connectivity index (χ4n) is 2.30. The van der Waals surface area contributed by atoms with Crippen molar-refractivity contribution < 1.29 is 9.84 Å². The van der Waals surface area contributed by atoms with Crippen molar-refractivity contribution in [2.24, 2.45) is 0 Å². The summed E-state index contributed by atoms with van der Waals surface area (Å²) < 4.78 is 5.36. The molecule has 0 aliphatic carbocycles. The molecular formula is C17H19ClO2. The first kappa shape index (κ1) is 14.9. The molecule has 2 rings (SSSR count). The van der Waals surface area contributed by atoms with E-state index in [1.54, 1.807) is 7.11 Å². The Bertz CT molecular complexity index is 564. The Hall–Kier alpha value is -1.51. The van der Waals surface area contributed by atoms with Gasteiger partial charge in [-0.3, -0.25) is 0 Å². The lowest BCUT2D eigenvalue weighted by Crippen LogP contribution is -2.08. The van der Waals surface area contributed by atoms with Crippen LogP contribution in [0.4, 0.5) is 0 Å². The zero-order valence-electron chi connectivity index (χ0n) is 11.8. The van der Waals surface area contributed by atoms with E-state index in [0.29, 0.717) is 11.4 Å². The summed E-state index contributed by atoms with van der Waals surface area (Å²) in [6.07, 6.45) is 0.698. The topological polar surface area (TPSA) is 29.5 Å². The SMILES string of the molecule is COc1ccc(Cl)cc1CC(CO)c1ccc(C)cc1.